The van der Waals surface area contributed by atoms with Crippen LogP contribution in [-0.2, 0) is 17.8 Å². The van der Waals surface area contributed by atoms with Crippen LogP contribution in [0.5, 0.6) is 5.75 Å². The van der Waals surface area contributed by atoms with Crippen molar-refractivity contribution >= 4 is 34.1 Å². The second-order valence-electron chi connectivity index (χ2n) is 8.71. The molecular formula is C29H33N3O3S. The number of nitrogens with zero attached hydrogens (tertiary/aromatic N) is 2. The average Bonchev–Trinajstić information content (AvgIpc) is 3.57. The van der Waals surface area contributed by atoms with Gasteiger partial charge in [0.25, 0.3) is 5.91 Å². The number of hydrogen-bond acceptors (Lipinski definition) is 4. The summed E-state index contributed by atoms with van der Waals surface area (Å²) in [6, 6.07) is 19.7. The number of carbonyl (C=O) groups excluding carboxylic acids is 2. The minimum Gasteiger partial charge on any atom is -0.494 e. The molecule has 2 heterocycles. The maximum Gasteiger partial charge on any atom is 0.264 e. The molecule has 0 aliphatic heterocycles. The van der Waals surface area contributed by atoms with Gasteiger partial charge >= 0.3 is 0 Å². The van der Waals surface area contributed by atoms with Gasteiger partial charge in [0.1, 0.15) is 12.3 Å². The molecule has 0 unspecified atom stereocenters. The number of carbonyl (C=O) groups is 2. The summed E-state index contributed by atoms with van der Waals surface area (Å²) in [5.41, 5.74) is 3.29. The summed E-state index contributed by atoms with van der Waals surface area (Å²) in [6.07, 6.45) is 3.53. The summed E-state index contributed by atoms with van der Waals surface area (Å²) in [5.74, 6) is 0.675. The highest BCUT2D eigenvalue weighted by molar-refractivity contribution is 7.12. The first-order valence-electron chi connectivity index (χ1n) is 12.5. The molecule has 4 aromatic rings. The number of thiophene rings is 1. The van der Waals surface area contributed by atoms with Gasteiger partial charge in [-0.1, -0.05) is 43.3 Å². The van der Waals surface area contributed by atoms with Crippen LogP contribution in [0.15, 0.2) is 72.2 Å². The first-order chi connectivity index (χ1) is 17.6. The van der Waals surface area contributed by atoms with E-state index < -0.39 is 0 Å². The van der Waals surface area contributed by atoms with Gasteiger partial charge < -0.3 is 19.5 Å². The van der Waals surface area contributed by atoms with E-state index >= 15 is 0 Å². The van der Waals surface area contributed by atoms with E-state index in [4.69, 9.17) is 4.74 Å². The molecule has 1 N–H and O–H groups in total. The van der Waals surface area contributed by atoms with E-state index in [9.17, 15) is 9.59 Å². The Kier molecular flexibility index (Phi) is 8.79. The van der Waals surface area contributed by atoms with Crippen LogP contribution in [0.4, 0.5) is 0 Å². The Morgan fingerprint density at radius 3 is 2.47 bits per heavy atom. The van der Waals surface area contributed by atoms with E-state index in [0.717, 1.165) is 29.7 Å². The van der Waals surface area contributed by atoms with E-state index in [1.165, 1.54) is 22.3 Å². The molecule has 0 aliphatic rings. The molecule has 0 fully saturated rings. The number of hydrogen-bond donors (Lipinski definition) is 1. The molecule has 0 spiro atoms. The lowest BCUT2D eigenvalue weighted by Gasteiger charge is -2.27. The smallest absolute Gasteiger partial charge is 0.264 e. The fourth-order valence-electron chi connectivity index (χ4n) is 4.31. The molecule has 6 nitrogen and oxygen atoms in total. The van der Waals surface area contributed by atoms with Crippen LogP contribution in [0.3, 0.4) is 0 Å². The van der Waals surface area contributed by atoms with E-state index in [2.05, 4.69) is 17.1 Å². The highest BCUT2D eigenvalue weighted by Gasteiger charge is 2.23. The zero-order valence-corrected chi connectivity index (χ0v) is 21.7. The van der Waals surface area contributed by atoms with Gasteiger partial charge in [-0.15, -0.1) is 11.3 Å². The van der Waals surface area contributed by atoms with Gasteiger partial charge in [-0.3, -0.25) is 9.59 Å². The molecule has 2 aromatic heterocycles. The normalized spacial score (nSPS) is 10.9. The van der Waals surface area contributed by atoms with Crippen LogP contribution in [0, 0.1) is 0 Å². The lowest BCUT2D eigenvalue weighted by atomic mass is 10.1. The molecule has 7 heteroatoms. The van der Waals surface area contributed by atoms with Crippen molar-refractivity contribution in [1.82, 2.24) is 14.8 Å². The maximum atomic E-state index is 13.6. The van der Waals surface area contributed by atoms with E-state index in [0.29, 0.717) is 31.1 Å². The van der Waals surface area contributed by atoms with Gasteiger partial charge in [-0.25, -0.2) is 0 Å². The predicted molar refractivity (Wildman–Crippen MR) is 146 cm³/mol. The molecule has 2 amide bonds. The number of para-hydroxylation sites is 1. The monoisotopic (exact) mass is 503 g/mol. The number of amides is 2. The summed E-state index contributed by atoms with van der Waals surface area (Å²) in [7, 11) is 0. The first kappa shape index (κ1) is 25.5. The second kappa shape index (κ2) is 12.4. The van der Waals surface area contributed by atoms with Crippen molar-refractivity contribution < 1.29 is 14.3 Å². The molecule has 0 aliphatic carbocycles. The molecule has 188 valence electrons. The zero-order valence-electron chi connectivity index (χ0n) is 20.9. The van der Waals surface area contributed by atoms with Crippen molar-refractivity contribution in [3.05, 3.63) is 88.2 Å². The van der Waals surface area contributed by atoms with Crippen LogP contribution in [0.2, 0.25) is 0 Å². The summed E-state index contributed by atoms with van der Waals surface area (Å²) in [6.45, 7) is 6.23. The van der Waals surface area contributed by atoms with Crippen molar-refractivity contribution in [3.8, 4) is 5.75 Å². The Morgan fingerprint density at radius 1 is 0.944 bits per heavy atom. The Balaban J connectivity index is 1.52. The third-order valence-electron chi connectivity index (χ3n) is 6.13. The van der Waals surface area contributed by atoms with Gasteiger partial charge in [0.15, 0.2) is 0 Å². The molecule has 0 saturated heterocycles. The summed E-state index contributed by atoms with van der Waals surface area (Å²) in [5, 5.41) is 3.06. The molecular weight excluding hydrogens is 470 g/mol. The number of rotatable bonds is 12. The van der Waals surface area contributed by atoms with E-state index in [1.54, 1.807) is 4.90 Å². The minimum absolute atomic E-state index is 0.0536. The number of fused-ring (bicyclic) bond motifs is 1. The fraction of sp³-hybridized carbons (Fsp3) is 0.310. The highest BCUT2D eigenvalue weighted by atomic mass is 32.1. The van der Waals surface area contributed by atoms with Gasteiger partial charge in [-0.2, -0.15) is 0 Å². The van der Waals surface area contributed by atoms with E-state index in [-0.39, 0.29) is 18.4 Å². The number of nitrogens with one attached hydrogen (secondary N) is 1. The Morgan fingerprint density at radius 2 is 1.75 bits per heavy atom. The molecule has 0 atom stereocenters. The number of benzene rings is 2. The standard InChI is InChI=1S/C29H33N3O3S/c1-3-16-32(29(34)27-10-7-18-36-27)21-28(33)31(20-22-11-13-24(14-12-22)35-4-2)17-15-23-19-30-26-9-6-5-8-25(23)26/h5-14,18-19,30H,3-4,15-17,20-21H2,1-2H3. The second-order valence-corrected chi connectivity index (χ2v) is 9.65. The number of H-pyrrole nitrogens is 1. The van der Waals surface area contributed by atoms with Crippen molar-refractivity contribution in [2.24, 2.45) is 0 Å². The van der Waals surface area contributed by atoms with Crippen molar-refractivity contribution in [3.63, 3.8) is 0 Å². The third-order valence-corrected chi connectivity index (χ3v) is 6.98. The summed E-state index contributed by atoms with van der Waals surface area (Å²) in [4.78, 5) is 34.2. The Hall–Kier alpha value is -3.58. The van der Waals surface area contributed by atoms with Gasteiger partial charge in [0, 0.05) is 36.7 Å². The van der Waals surface area contributed by atoms with Crippen LogP contribution in [0.25, 0.3) is 10.9 Å². The van der Waals surface area contributed by atoms with Crippen molar-refractivity contribution in [2.75, 3.05) is 26.2 Å². The summed E-state index contributed by atoms with van der Waals surface area (Å²) >= 11 is 1.41. The minimum atomic E-state index is -0.0853. The molecule has 0 radical (unpaired) electrons. The summed E-state index contributed by atoms with van der Waals surface area (Å²) < 4.78 is 5.56. The lowest BCUT2D eigenvalue weighted by molar-refractivity contribution is -0.132. The number of aromatic amines is 1. The Bertz CT molecular complexity index is 1260. The van der Waals surface area contributed by atoms with Crippen molar-refractivity contribution in [2.45, 2.75) is 33.2 Å². The van der Waals surface area contributed by atoms with Crippen LogP contribution >= 0.6 is 11.3 Å². The van der Waals surface area contributed by atoms with Crippen LogP contribution in [-0.4, -0.2) is 52.8 Å². The van der Waals surface area contributed by atoms with Crippen LogP contribution < -0.4 is 4.74 Å². The molecule has 0 saturated carbocycles. The largest absolute Gasteiger partial charge is 0.494 e. The highest BCUT2D eigenvalue weighted by Crippen LogP contribution is 2.20. The Labute approximate surface area is 216 Å². The average molecular weight is 504 g/mol. The predicted octanol–water partition coefficient (Wildman–Crippen LogP) is 5.75. The van der Waals surface area contributed by atoms with Gasteiger partial charge in [0.2, 0.25) is 5.91 Å². The molecule has 0 bridgehead atoms. The van der Waals surface area contributed by atoms with E-state index in [1.807, 2.05) is 78.9 Å². The fourth-order valence-corrected chi connectivity index (χ4v) is 5.00. The van der Waals surface area contributed by atoms with Gasteiger partial charge in [0.05, 0.1) is 11.5 Å². The third kappa shape index (κ3) is 6.34. The van der Waals surface area contributed by atoms with Crippen LogP contribution in [0.1, 0.15) is 41.1 Å². The maximum absolute atomic E-state index is 13.6. The molecule has 4 rings (SSSR count). The van der Waals surface area contributed by atoms with Crippen molar-refractivity contribution in [1.29, 1.82) is 0 Å². The number of aromatic nitrogens is 1. The SMILES string of the molecule is CCCN(CC(=O)N(CCc1c[nH]c2ccccc12)Cc1ccc(OCC)cc1)C(=O)c1cccs1. The quantitative estimate of drug-likeness (QED) is 0.268. The number of ether oxygens (including phenoxy) is 1. The van der Waals surface area contributed by atoms with Gasteiger partial charge in [-0.05, 0) is 60.5 Å². The zero-order chi connectivity index (χ0) is 25.3. The molecule has 36 heavy (non-hydrogen) atoms. The molecule has 2 aromatic carbocycles. The topological polar surface area (TPSA) is 65.6 Å². The first-order valence-corrected chi connectivity index (χ1v) is 13.3. The lowest BCUT2D eigenvalue weighted by Crippen LogP contribution is -2.43.